The second-order valence-corrected chi connectivity index (χ2v) is 6.26. The Bertz CT molecular complexity index is 712. The van der Waals surface area contributed by atoms with Gasteiger partial charge >= 0.3 is 5.97 Å². The Morgan fingerprint density at radius 1 is 1.12 bits per heavy atom. The summed E-state index contributed by atoms with van der Waals surface area (Å²) in [6, 6.07) is 14.9. The zero-order valence-electron chi connectivity index (χ0n) is 13.5. The van der Waals surface area contributed by atoms with E-state index < -0.39 is 5.60 Å². The minimum absolute atomic E-state index is 0.370. The smallest absolute Gasteiger partial charge is 0.339 e. The summed E-state index contributed by atoms with van der Waals surface area (Å²) in [6.45, 7) is 1.62. The van der Waals surface area contributed by atoms with Gasteiger partial charge in [-0.25, -0.2) is 4.79 Å². The van der Waals surface area contributed by atoms with E-state index in [1.54, 1.807) is 25.3 Å². The van der Waals surface area contributed by atoms with Crippen LogP contribution in [0.25, 0.3) is 0 Å². The quantitative estimate of drug-likeness (QED) is 0.857. The first-order chi connectivity index (χ1) is 11.6. The molecule has 1 saturated heterocycles. The maximum atomic E-state index is 12.7. The number of benzene rings is 2. The SMILES string of the molecule is COc1ccc(C(=O)OC2(c3ccccc3)CCNCC2)cc1Cl. The van der Waals surface area contributed by atoms with E-state index in [4.69, 9.17) is 21.1 Å². The van der Waals surface area contributed by atoms with E-state index in [9.17, 15) is 4.79 Å². The van der Waals surface area contributed by atoms with Gasteiger partial charge in [0.05, 0.1) is 17.7 Å². The van der Waals surface area contributed by atoms with E-state index in [0.29, 0.717) is 16.3 Å². The Morgan fingerprint density at radius 3 is 2.46 bits per heavy atom. The molecule has 0 saturated carbocycles. The second-order valence-electron chi connectivity index (χ2n) is 5.85. The molecule has 0 aliphatic carbocycles. The van der Waals surface area contributed by atoms with Crippen molar-refractivity contribution in [1.82, 2.24) is 5.32 Å². The van der Waals surface area contributed by atoms with Gasteiger partial charge in [-0.2, -0.15) is 0 Å². The normalized spacial score (nSPS) is 16.4. The summed E-state index contributed by atoms with van der Waals surface area (Å²) >= 11 is 6.13. The molecule has 24 heavy (non-hydrogen) atoms. The van der Waals surface area contributed by atoms with Gasteiger partial charge in [-0.3, -0.25) is 0 Å². The molecule has 0 amide bonds. The van der Waals surface area contributed by atoms with Crippen LogP contribution in [0, 0.1) is 0 Å². The molecule has 0 atom stereocenters. The van der Waals surface area contributed by atoms with Crippen molar-refractivity contribution in [1.29, 1.82) is 0 Å². The van der Waals surface area contributed by atoms with E-state index in [2.05, 4.69) is 5.32 Å². The minimum atomic E-state index is -0.601. The number of carbonyl (C=O) groups excluding carboxylic acids is 1. The van der Waals surface area contributed by atoms with Gasteiger partial charge in [0.1, 0.15) is 11.4 Å². The molecule has 1 N–H and O–H groups in total. The summed E-state index contributed by atoms with van der Waals surface area (Å²) in [6.07, 6.45) is 1.49. The highest BCUT2D eigenvalue weighted by Gasteiger charge is 2.38. The van der Waals surface area contributed by atoms with E-state index in [1.165, 1.54) is 0 Å². The zero-order valence-corrected chi connectivity index (χ0v) is 14.3. The fraction of sp³-hybridized carbons (Fsp3) is 0.316. The Labute approximate surface area is 146 Å². The maximum absolute atomic E-state index is 12.7. The van der Waals surface area contributed by atoms with Crippen molar-refractivity contribution >= 4 is 17.6 Å². The van der Waals surface area contributed by atoms with Crippen LogP contribution in [-0.2, 0) is 10.3 Å². The average molecular weight is 346 g/mol. The number of halogens is 1. The number of methoxy groups -OCH3 is 1. The third-order valence-corrected chi connectivity index (χ3v) is 4.68. The maximum Gasteiger partial charge on any atom is 0.339 e. The number of hydrogen-bond donors (Lipinski definition) is 1. The monoisotopic (exact) mass is 345 g/mol. The molecule has 1 heterocycles. The van der Waals surface area contributed by atoms with Gasteiger partial charge in [-0.05, 0) is 36.9 Å². The van der Waals surface area contributed by atoms with Crippen LogP contribution >= 0.6 is 11.6 Å². The van der Waals surface area contributed by atoms with Crippen LogP contribution in [0.4, 0.5) is 0 Å². The summed E-state index contributed by atoms with van der Waals surface area (Å²) in [7, 11) is 1.54. The lowest BCUT2D eigenvalue weighted by Crippen LogP contribution is -2.43. The minimum Gasteiger partial charge on any atom is -0.495 e. The van der Waals surface area contributed by atoms with Crippen molar-refractivity contribution in [2.45, 2.75) is 18.4 Å². The molecule has 1 aliphatic rings. The standard InChI is InChI=1S/C19H20ClNO3/c1-23-17-8-7-14(13-16(17)20)18(22)24-19(9-11-21-12-10-19)15-5-3-2-4-6-15/h2-8,13,21H,9-12H2,1H3. The predicted molar refractivity (Wildman–Crippen MR) is 93.6 cm³/mol. The first-order valence-corrected chi connectivity index (χ1v) is 8.35. The molecule has 2 aromatic carbocycles. The highest BCUT2D eigenvalue weighted by atomic mass is 35.5. The molecule has 0 radical (unpaired) electrons. The molecule has 0 bridgehead atoms. The number of hydrogen-bond acceptors (Lipinski definition) is 4. The van der Waals surface area contributed by atoms with Gasteiger partial charge in [-0.1, -0.05) is 41.9 Å². The molecule has 0 aromatic heterocycles. The Hall–Kier alpha value is -2.04. The number of carbonyl (C=O) groups is 1. The lowest BCUT2D eigenvalue weighted by atomic mass is 9.84. The molecule has 5 heteroatoms. The highest BCUT2D eigenvalue weighted by molar-refractivity contribution is 6.32. The lowest BCUT2D eigenvalue weighted by molar-refractivity contribution is -0.0378. The Balaban J connectivity index is 1.88. The van der Waals surface area contributed by atoms with Crippen molar-refractivity contribution < 1.29 is 14.3 Å². The van der Waals surface area contributed by atoms with Crippen LogP contribution in [0.15, 0.2) is 48.5 Å². The molecule has 0 spiro atoms. The van der Waals surface area contributed by atoms with Crippen LogP contribution < -0.4 is 10.1 Å². The van der Waals surface area contributed by atoms with E-state index in [-0.39, 0.29) is 5.97 Å². The molecule has 3 rings (SSSR count). The number of ether oxygens (including phenoxy) is 2. The molecular formula is C19H20ClNO3. The summed E-state index contributed by atoms with van der Waals surface area (Å²) < 4.78 is 11.1. The van der Waals surface area contributed by atoms with Gasteiger partial charge in [0.15, 0.2) is 0 Å². The fourth-order valence-corrected chi connectivity index (χ4v) is 3.31. The second kappa shape index (κ2) is 7.24. The molecule has 126 valence electrons. The van der Waals surface area contributed by atoms with Crippen molar-refractivity contribution in [2.24, 2.45) is 0 Å². The third-order valence-electron chi connectivity index (χ3n) is 4.39. The van der Waals surface area contributed by atoms with Gasteiger partial charge in [0.25, 0.3) is 0 Å². The molecule has 1 aliphatic heterocycles. The average Bonchev–Trinajstić information content (AvgIpc) is 2.63. The number of esters is 1. The molecule has 4 nitrogen and oxygen atoms in total. The van der Waals surface area contributed by atoms with Crippen LogP contribution in [0.1, 0.15) is 28.8 Å². The van der Waals surface area contributed by atoms with Crippen LogP contribution in [0.2, 0.25) is 5.02 Å². The Morgan fingerprint density at radius 2 is 1.83 bits per heavy atom. The van der Waals surface area contributed by atoms with Crippen molar-refractivity contribution in [3.8, 4) is 5.75 Å². The first kappa shape index (κ1) is 16.8. The summed E-state index contributed by atoms with van der Waals surface area (Å²) in [5.74, 6) is 0.165. The summed E-state index contributed by atoms with van der Waals surface area (Å²) in [5.41, 5.74) is 0.852. The fourth-order valence-electron chi connectivity index (χ4n) is 3.05. The van der Waals surface area contributed by atoms with Crippen molar-refractivity contribution in [3.05, 3.63) is 64.7 Å². The van der Waals surface area contributed by atoms with Crippen LogP contribution in [-0.4, -0.2) is 26.2 Å². The molecule has 1 fully saturated rings. The summed E-state index contributed by atoms with van der Waals surface area (Å²) in [4.78, 5) is 12.7. The third kappa shape index (κ3) is 3.40. The molecule has 0 unspecified atom stereocenters. The van der Waals surface area contributed by atoms with E-state index in [0.717, 1.165) is 31.5 Å². The number of piperidine rings is 1. The van der Waals surface area contributed by atoms with E-state index in [1.807, 2.05) is 30.3 Å². The topological polar surface area (TPSA) is 47.6 Å². The lowest BCUT2D eigenvalue weighted by Gasteiger charge is -2.37. The zero-order chi connectivity index (χ0) is 17.0. The van der Waals surface area contributed by atoms with Gasteiger partial charge in [0, 0.05) is 12.8 Å². The largest absolute Gasteiger partial charge is 0.495 e. The predicted octanol–water partition coefficient (Wildman–Crippen LogP) is 3.78. The van der Waals surface area contributed by atoms with Crippen LogP contribution in [0.3, 0.4) is 0 Å². The highest BCUT2D eigenvalue weighted by Crippen LogP contribution is 2.36. The first-order valence-electron chi connectivity index (χ1n) is 7.98. The van der Waals surface area contributed by atoms with Gasteiger partial charge in [-0.15, -0.1) is 0 Å². The Kier molecular flexibility index (Phi) is 5.07. The molecule has 2 aromatic rings. The number of rotatable bonds is 4. The summed E-state index contributed by atoms with van der Waals surface area (Å²) in [5, 5.41) is 3.71. The van der Waals surface area contributed by atoms with Crippen molar-refractivity contribution in [3.63, 3.8) is 0 Å². The van der Waals surface area contributed by atoms with Gasteiger partial charge < -0.3 is 14.8 Å². The van der Waals surface area contributed by atoms with Crippen molar-refractivity contribution in [2.75, 3.05) is 20.2 Å². The molecular weight excluding hydrogens is 326 g/mol. The van der Waals surface area contributed by atoms with E-state index >= 15 is 0 Å². The number of nitrogens with one attached hydrogen (secondary N) is 1. The van der Waals surface area contributed by atoms with Gasteiger partial charge in [0.2, 0.25) is 0 Å². The van der Waals surface area contributed by atoms with Crippen LogP contribution in [0.5, 0.6) is 5.75 Å².